The van der Waals surface area contributed by atoms with E-state index < -0.39 is 5.60 Å². The predicted molar refractivity (Wildman–Crippen MR) is 110 cm³/mol. The summed E-state index contributed by atoms with van der Waals surface area (Å²) >= 11 is 6.16. The second-order valence-corrected chi connectivity index (χ2v) is 10.2. The first kappa shape index (κ1) is 17.4. The lowest BCUT2D eigenvalue weighted by molar-refractivity contribution is -0.229. The van der Waals surface area contributed by atoms with Gasteiger partial charge in [0.1, 0.15) is 5.15 Å². The summed E-state index contributed by atoms with van der Waals surface area (Å²) in [6.07, 6.45) is 9.05. The summed E-state index contributed by atoms with van der Waals surface area (Å²) in [5.74, 6) is 0.584. The van der Waals surface area contributed by atoms with Crippen LogP contribution in [0.2, 0.25) is 5.15 Å². The molecule has 5 aliphatic rings. The Hall–Kier alpha value is -1.42. The summed E-state index contributed by atoms with van der Waals surface area (Å²) in [4.78, 5) is 6.88. The molecular weight excluding hydrogens is 368 g/mol. The van der Waals surface area contributed by atoms with E-state index >= 15 is 0 Å². The fourth-order valence-electron chi connectivity index (χ4n) is 7.13. The van der Waals surface area contributed by atoms with Gasteiger partial charge in [-0.05, 0) is 55.4 Å². The summed E-state index contributed by atoms with van der Waals surface area (Å²) in [5, 5.41) is 12.3. The van der Waals surface area contributed by atoms with E-state index in [2.05, 4.69) is 40.2 Å². The molecule has 1 saturated heterocycles. The molecule has 1 N–H and O–H groups in total. The normalized spacial score (nSPS) is 41.8. The molecule has 146 valence electrons. The van der Waals surface area contributed by atoms with Crippen LogP contribution < -0.4 is 0 Å². The van der Waals surface area contributed by atoms with Crippen LogP contribution in [-0.4, -0.2) is 33.6 Å². The summed E-state index contributed by atoms with van der Waals surface area (Å²) in [7, 11) is 0. The molecule has 5 fully saturated rings. The highest BCUT2D eigenvalue weighted by Gasteiger charge is 2.71. The minimum absolute atomic E-state index is 0.292. The molecule has 2 heterocycles. The lowest BCUT2D eigenvalue weighted by Gasteiger charge is -2.76. The molecule has 28 heavy (non-hydrogen) atoms. The Morgan fingerprint density at radius 1 is 0.964 bits per heavy atom. The largest absolute Gasteiger partial charge is 0.384 e. The monoisotopic (exact) mass is 394 g/mol. The Kier molecular flexibility index (Phi) is 3.62. The number of pyridine rings is 1. The highest BCUT2D eigenvalue weighted by Crippen LogP contribution is 2.71. The van der Waals surface area contributed by atoms with Gasteiger partial charge in [-0.15, -0.1) is 0 Å². The van der Waals surface area contributed by atoms with Crippen molar-refractivity contribution in [1.29, 1.82) is 0 Å². The third kappa shape index (κ3) is 2.21. The van der Waals surface area contributed by atoms with Gasteiger partial charge in [-0.25, -0.2) is 4.98 Å². The highest BCUT2D eigenvalue weighted by atomic mass is 35.5. The minimum Gasteiger partial charge on any atom is -0.384 e. The molecule has 3 nitrogen and oxygen atoms in total. The Balaban J connectivity index is 1.25. The average molecular weight is 395 g/mol. The fraction of sp³-hybridized carbons (Fsp3) is 0.542. The van der Waals surface area contributed by atoms with Crippen LogP contribution in [0.5, 0.6) is 0 Å². The number of rotatable bonds is 3. The minimum atomic E-state index is -0.748. The molecule has 4 bridgehead atoms. The van der Waals surface area contributed by atoms with Crippen molar-refractivity contribution in [2.24, 2.45) is 11.8 Å². The first-order valence-corrected chi connectivity index (χ1v) is 11.1. The number of piperidine rings is 1. The van der Waals surface area contributed by atoms with Crippen molar-refractivity contribution in [3.05, 3.63) is 64.9 Å². The maximum atomic E-state index is 11.8. The van der Waals surface area contributed by atoms with Gasteiger partial charge in [0, 0.05) is 42.1 Å². The number of hydrogen-bond donors (Lipinski definition) is 1. The van der Waals surface area contributed by atoms with Crippen molar-refractivity contribution in [3.63, 3.8) is 0 Å². The molecule has 4 saturated carbocycles. The van der Waals surface area contributed by atoms with E-state index in [9.17, 15) is 5.11 Å². The zero-order valence-corrected chi connectivity index (χ0v) is 16.9. The number of fused-ring (bicyclic) bond motifs is 2. The van der Waals surface area contributed by atoms with Crippen LogP contribution >= 0.6 is 11.6 Å². The Morgan fingerprint density at radius 2 is 1.64 bits per heavy atom. The van der Waals surface area contributed by atoms with Gasteiger partial charge in [0.15, 0.2) is 0 Å². The van der Waals surface area contributed by atoms with Crippen LogP contribution in [-0.2, 0) is 11.0 Å². The molecule has 2 atom stereocenters. The number of nitrogens with zero attached hydrogens (tertiary/aromatic N) is 2. The fourth-order valence-corrected chi connectivity index (χ4v) is 7.30. The second kappa shape index (κ2) is 5.81. The predicted octanol–water partition coefficient (Wildman–Crippen LogP) is 4.53. The van der Waals surface area contributed by atoms with Gasteiger partial charge >= 0.3 is 0 Å². The first-order chi connectivity index (χ1) is 13.5. The van der Waals surface area contributed by atoms with Gasteiger partial charge in [-0.1, -0.05) is 48.4 Å². The highest BCUT2D eigenvalue weighted by molar-refractivity contribution is 6.29. The lowest BCUT2D eigenvalue weighted by atomic mass is 9.36. The number of aromatic nitrogens is 1. The van der Waals surface area contributed by atoms with Crippen LogP contribution in [0, 0.1) is 11.8 Å². The number of benzene rings is 1. The molecule has 4 heteroatoms. The van der Waals surface area contributed by atoms with E-state index in [1.807, 2.05) is 12.1 Å². The van der Waals surface area contributed by atoms with E-state index in [-0.39, 0.29) is 0 Å². The number of likely N-dealkylation sites (tertiary alicyclic amines) is 1. The van der Waals surface area contributed by atoms with Crippen LogP contribution in [0.1, 0.15) is 49.7 Å². The summed E-state index contributed by atoms with van der Waals surface area (Å²) < 4.78 is 0. The molecule has 2 unspecified atom stereocenters. The van der Waals surface area contributed by atoms with Crippen molar-refractivity contribution < 1.29 is 5.11 Å². The van der Waals surface area contributed by atoms with Gasteiger partial charge in [0.2, 0.25) is 0 Å². The summed E-state index contributed by atoms with van der Waals surface area (Å²) in [6.45, 7) is 2.02. The number of halogens is 1. The third-order valence-electron chi connectivity index (χ3n) is 8.48. The van der Waals surface area contributed by atoms with Crippen LogP contribution in [0.4, 0.5) is 0 Å². The quantitative estimate of drug-likeness (QED) is 0.777. The van der Waals surface area contributed by atoms with Gasteiger partial charge in [-0.2, -0.15) is 0 Å². The Morgan fingerprint density at radius 3 is 2.29 bits per heavy atom. The smallest absolute Gasteiger partial charge is 0.129 e. The molecule has 0 radical (unpaired) electrons. The zero-order chi connectivity index (χ0) is 19.0. The standard InChI is InChI=1S/C24H27ClN2O/c25-21-11-18(9-10-26-21)24(28)19-7-4-8-20(24)13-27(12-19)23-14-22(15-23,16-23)17-5-2-1-3-6-17/h1-3,5-6,9-11,19-20,28H,4,7-8,12-16H2. The molecule has 4 aliphatic carbocycles. The van der Waals surface area contributed by atoms with Gasteiger partial charge < -0.3 is 5.11 Å². The van der Waals surface area contributed by atoms with E-state index in [1.54, 1.807) is 6.20 Å². The van der Waals surface area contributed by atoms with Crippen molar-refractivity contribution in [2.75, 3.05) is 13.1 Å². The first-order valence-electron chi connectivity index (χ1n) is 10.7. The van der Waals surface area contributed by atoms with E-state index in [4.69, 9.17) is 11.6 Å². The summed E-state index contributed by atoms with van der Waals surface area (Å²) in [5.41, 5.74) is 2.57. The molecule has 0 amide bonds. The molecule has 0 spiro atoms. The topological polar surface area (TPSA) is 36.4 Å². The van der Waals surface area contributed by atoms with Crippen LogP contribution in [0.15, 0.2) is 48.7 Å². The van der Waals surface area contributed by atoms with Crippen molar-refractivity contribution >= 4 is 11.6 Å². The van der Waals surface area contributed by atoms with Gasteiger partial charge in [0.25, 0.3) is 0 Å². The SMILES string of the molecule is OC1(c2ccnc(Cl)c2)C2CCCC1CN(C13CC(c4ccccc4)(C1)C3)C2. The molecule has 7 rings (SSSR count). The molecule has 1 aromatic heterocycles. The lowest BCUT2D eigenvalue weighted by Crippen LogP contribution is -2.79. The molecule has 1 aliphatic heterocycles. The van der Waals surface area contributed by atoms with Crippen LogP contribution in [0.3, 0.4) is 0 Å². The van der Waals surface area contributed by atoms with Crippen LogP contribution in [0.25, 0.3) is 0 Å². The number of aliphatic hydroxyl groups is 1. The van der Waals surface area contributed by atoms with Crippen molar-refractivity contribution in [1.82, 2.24) is 9.88 Å². The number of hydrogen-bond acceptors (Lipinski definition) is 3. The third-order valence-corrected chi connectivity index (χ3v) is 8.69. The second-order valence-electron chi connectivity index (χ2n) is 9.82. The van der Waals surface area contributed by atoms with E-state index in [0.717, 1.165) is 31.5 Å². The molecular formula is C24H27ClN2O. The Labute approximate surface area is 171 Å². The van der Waals surface area contributed by atoms with Gasteiger partial charge in [-0.3, -0.25) is 4.90 Å². The van der Waals surface area contributed by atoms with Crippen molar-refractivity contribution in [2.45, 2.75) is 55.1 Å². The molecule has 1 aromatic carbocycles. The maximum absolute atomic E-state index is 11.8. The van der Waals surface area contributed by atoms with Crippen molar-refractivity contribution in [3.8, 4) is 0 Å². The van der Waals surface area contributed by atoms with Gasteiger partial charge in [0.05, 0.1) is 5.60 Å². The molecule has 2 aromatic rings. The zero-order valence-electron chi connectivity index (χ0n) is 16.1. The maximum Gasteiger partial charge on any atom is 0.129 e. The van der Waals surface area contributed by atoms with E-state index in [1.165, 1.54) is 31.2 Å². The summed E-state index contributed by atoms with van der Waals surface area (Å²) in [6, 6.07) is 14.9. The van der Waals surface area contributed by atoms with E-state index in [0.29, 0.717) is 27.9 Å². The average Bonchev–Trinajstić information content (AvgIpc) is 2.61. The Bertz CT molecular complexity index is 880.